The summed E-state index contributed by atoms with van der Waals surface area (Å²) in [6.07, 6.45) is -5.32. The van der Waals surface area contributed by atoms with Crippen LogP contribution in [0.2, 0.25) is 0 Å². The van der Waals surface area contributed by atoms with Crippen molar-refractivity contribution in [2.24, 2.45) is 5.92 Å². The van der Waals surface area contributed by atoms with Gasteiger partial charge in [0.05, 0.1) is 6.04 Å². The Morgan fingerprint density at radius 3 is 2.22 bits per heavy atom. The maximum Gasteiger partial charge on any atom is 0.450 e. The molecule has 1 fully saturated rings. The van der Waals surface area contributed by atoms with Crippen LogP contribution in [0.4, 0.5) is 22.4 Å². The zero-order valence-corrected chi connectivity index (χ0v) is 13.6. The minimum atomic E-state index is -5.32. The standard InChI is InChI=1S/C18H14F4N2O3/c19-12-9-5-4-8-11(12)14-13(15(25)18(20,21)22)17(27,24-16(26)23-14)10-6-2-1-3-7-10/h1-9,13-14,27H,(H2,23,24,26)/t13-,14-,17-/m0/s1. The number of hydrogen-bond donors (Lipinski definition) is 3. The van der Waals surface area contributed by atoms with Gasteiger partial charge in [-0.2, -0.15) is 13.2 Å². The number of urea groups is 1. The molecule has 1 saturated heterocycles. The summed E-state index contributed by atoms with van der Waals surface area (Å²) in [4.78, 5) is 24.3. The van der Waals surface area contributed by atoms with E-state index in [1.807, 2.05) is 5.32 Å². The fourth-order valence-electron chi connectivity index (χ4n) is 3.20. The van der Waals surface area contributed by atoms with E-state index < -0.39 is 41.5 Å². The maximum absolute atomic E-state index is 14.2. The van der Waals surface area contributed by atoms with Crippen molar-refractivity contribution < 1.29 is 32.3 Å². The summed E-state index contributed by atoms with van der Waals surface area (Å²) < 4.78 is 54.1. The van der Waals surface area contributed by atoms with Gasteiger partial charge in [-0.3, -0.25) is 4.79 Å². The second-order valence-corrected chi connectivity index (χ2v) is 6.07. The third kappa shape index (κ3) is 3.37. The topological polar surface area (TPSA) is 78.4 Å². The van der Waals surface area contributed by atoms with Crippen molar-refractivity contribution in [3.8, 4) is 0 Å². The number of carbonyl (C=O) groups is 2. The Morgan fingerprint density at radius 1 is 1.04 bits per heavy atom. The van der Waals surface area contributed by atoms with Gasteiger partial charge < -0.3 is 15.7 Å². The molecule has 0 spiro atoms. The van der Waals surface area contributed by atoms with Crippen LogP contribution in [0.25, 0.3) is 0 Å². The number of ketones is 1. The molecular weight excluding hydrogens is 368 g/mol. The van der Waals surface area contributed by atoms with Crippen molar-refractivity contribution in [3.05, 3.63) is 71.5 Å². The molecule has 0 radical (unpaired) electrons. The molecule has 0 saturated carbocycles. The summed E-state index contributed by atoms with van der Waals surface area (Å²) in [5, 5.41) is 15.1. The Morgan fingerprint density at radius 2 is 1.63 bits per heavy atom. The lowest BCUT2D eigenvalue weighted by atomic mass is 9.76. The number of benzene rings is 2. The van der Waals surface area contributed by atoms with Crippen LogP contribution in [0, 0.1) is 11.7 Å². The van der Waals surface area contributed by atoms with Crippen molar-refractivity contribution in [1.29, 1.82) is 0 Å². The molecule has 5 nitrogen and oxygen atoms in total. The summed E-state index contributed by atoms with van der Waals surface area (Å²) in [6, 6.07) is 8.94. The smallest absolute Gasteiger partial charge is 0.366 e. The zero-order chi connectivity index (χ0) is 19.8. The van der Waals surface area contributed by atoms with E-state index in [4.69, 9.17) is 0 Å². The molecule has 0 aliphatic carbocycles. The second-order valence-electron chi connectivity index (χ2n) is 6.07. The van der Waals surface area contributed by atoms with Crippen molar-refractivity contribution in [3.63, 3.8) is 0 Å². The first-order chi connectivity index (χ1) is 12.6. The third-order valence-corrected chi connectivity index (χ3v) is 4.39. The number of nitrogens with one attached hydrogen (secondary N) is 2. The molecule has 0 bridgehead atoms. The van der Waals surface area contributed by atoms with E-state index in [-0.39, 0.29) is 11.1 Å². The highest BCUT2D eigenvalue weighted by Crippen LogP contribution is 2.43. The van der Waals surface area contributed by atoms with E-state index in [1.165, 1.54) is 36.4 Å². The Bertz CT molecular complexity index is 872. The van der Waals surface area contributed by atoms with Crippen LogP contribution in [0.3, 0.4) is 0 Å². The van der Waals surface area contributed by atoms with Gasteiger partial charge >= 0.3 is 12.2 Å². The van der Waals surface area contributed by atoms with Gasteiger partial charge in [0.1, 0.15) is 11.7 Å². The molecule has 2 amide bonds. The average molecular weight is 382 g/mol. The van der Waals surface area contributed by atoms with Crippen LogP contribution in [0.15, 0.2) is 54.6 Å². The van der Waals surface area contributed by atoms with Gasteiger partial charge in [0.25, 0.3) is 0 Å². The van der Waals surface area contributed by atoms with E-state index in [9.17, 15) is 32.3 Å². The first-order valence-corrected chi connectivity index (χ1v) is 7.86. The second kappa shape index (κ2) is 6.66. The molecule has 2 aromatic rings. The Balaban J connectivity index is 2.21. The van der Waals surface area contributed by atoms with Crippen LogP contribution in [0.1, 0.15) is 17.2 Å². The maximum atomic E-state index is 14.2. The van der Waals surface area contributed by atoms with Gasteiger partial charge in [0, 0.05) is 11.1 Å². The Labute approximate surface area is 151 Å². The quantitative estimate of drug-likeness (QED) is 0.715. The summed E-state index contributed by atoms with van der Waals surface area (Å²) in [6.45, 7) is 0. The number of halogens is 4. The minimum Gasteiger partial charge on any atom is -0.366 e. The van der Waals surface area contributed by atoms with Gasteiger partial charge in [0.15, 0.2) is 5.72 Å². The summed E-state index contributed by atoms with van der Waals surface area (Å²) in [7, 11) is 0. The number of alkyl halides is 3. The van der Waals surface area contributed by atoms with E-state index in [2.05, 4.69) is 5.32 Å². The van der Waals surface area contributed by atoms with E-state index in [1.54, 1.807) is 6.07 Å². The van der Waals surface area contributed by atoms with Crippen LogP contribution >= 0.6 is 0 Å². The monoisotopic (exact) mass is 382 g/mol. The fourth-order valence-corrected chi connectivity index (χ4v) is 3.20. The van der Waals surface area contributed by atoms with Crippen molar-refractivity contribution >= 4 is 11.8 Å². The molecule has 27 heavy (non-hydrogen) atoms. The van der Waals surface area contributed by atoms with Crippen LogP contribution in [-0.2, 0) is 10.5 Å². The van der Waals surface area contributed by atoms with E-state index in [0.29, 0.717) is 0 Å². The molecule has 2 aromatic carbocycles. The largest absolute Gasteiger partial charge is 0.450 e. The molecule has 3 atom stereocenters. The number of hydrogen-bond acceptors (Lipinski definition) is 3. The molecule has 1 aliphatic rings. The van der Waals surface area contributed by atoms with Gasteiger partial charge in [0.2, 0.25) is 5.78 Å². The number of amides is 2. The highest BCUT2D eigenvalue weighted by molar-refractivity contribution is 5.91. The Hall–Kier alpha value is -2.94. The molecular formula is C18H14F4N2O3. The third-order valence-electron chi connectivity index (χ3n) is 4.39. The SMILES string of the molecule is O=C1N[C@@H](c2ccccc2F)[C@@H](C(=O)C(F)(F)F)[C@@](O)(c2ccccc2)N1. The summed E-state index contributed by atoms with van der Waals surface area (Å²) in [5.74, 6) is -5.47. The molecule has 9 heteroatoms. The number of carbonyl (C=O) groups excluding carboxylic acids is 2. The molecule has 142 valence electrons. The van der Waals surface area contributed by atoms with Crippen molar-refractivity contribution in [2.45, 2.75) is 17.9 Å². The molecule has 1 heterocycles. The van der Waals surface area contributed by atoms with Crippen LogP contribution < -0.4 is 10.6 Å². The number of Topliss-reactive ketones (excluding diaryl/α,β-unsaturated/α-hetero) is 1. The summed E-state index contributed by atoms with van der Waals surface area (Å²) in [5.41, 5.74) is -3.17. The van der Waals surface area contributed by atoms with Gasteiger partial charge in [-0.25, -0.2) is 9.18 Å². The number of aliphatic hydroxyl groups is 1. The highest BCUT2D eigenvalue weighted by atomic mass is 19.4. The van der Waals surface area contributed by atoms with Crippen LogP contribution in [0.5, 0.6) is 0 Å². The normalized spacial score (nSPS) is 25.4. The highest BCUT2D eigenvalue weighted by Gasteiger charge is 2.59. The Kier molecular flexibility index (Phi) is 4.64. The van der Waals surface area contributed by atoms with Crippen molar-refractivity contribution in [2.75, 3.05) is 0 Å². The number of rotatable bonds is 3. The van der Waals surface area contributed by atoms with E-state index >= 15 is 0 Å². The lowest BCUT2D eigenvalue weighted by Gasteiger charge is -2.45. The van der Waals surface area contributed by atoms with Gasteiger partial charge in [-0.1, -0.05) is 48.5 Å². The predicted molar refractivity (Wildman–Crippen MR) is 85.7 cm³/mol. The fraction of sp³-hybridized carbons (Fsp3) is 0.222. The zero-order valence-electron chi connectivity index (χ0n) is 13.6. The van der Waals surface area contributed by atoms with Crippen molar-refractivity contribution in [1.82, 2.24) is 10.6 Å². The molecule has 0 aromatic heterocycles. The van der Waals surface area contributed by atoms with Crippen LogP contribution in [-0.4, -0.2) is 23.1 Å². The van der Waals surface area contributed by atoms with E-state index in [0.717, 1.165) is 12.1 Å². The minimum absolute atomic E-state index is 0.135. The first kappa shape index (κ1) is 18.8. The predicted octanol–water partition coefficient (Wildman–Crippen LogP) is 2.77. The first-order valence-electron chi connectivity index (χ1n) is 7.86. The van der Waals surface area contributed by atoms with Gasteiger partial charge in [-0.05, 0) is 6.07 Å². The molecule has 1 aliphatic heterocycles. The van der Waals surface area contributed by atoms with Gasteiger partial charge in [-0.15, -0.1) is 0 Å². The molecule has 3 N–H and O–H groups in total. The molecule has 0 unspecified atom stereocenters. The molecule has 3 rings (SSSR count). The average Bonchev–Trinajstić information content (AvgIpc) is 2.61. The summed E-state index contributed by atoms with van der Waals surface area (Å²) >= 11 is 0. The lowest BCUT2D eigenvalue weighted by molar-refractivity contribution is -0.190. The lowest BCUT2D eigenvalue weighted by Crippen LogP contribution is -2.66.